The number of halogens is 3. The van der Waals surface area contributed by atoms with E-state index in [1.54, 1.807) is 0 Å². The Hall–Kier alpha value is -0.190. The van der Waals surface area contributed by atoms with E-state index in [0.29, 0.717) is 0 Å². The molecule has 0 heterocycles. The van der Waals surface area contributed by atoms with Crippen molar-refractivity contribution in [2.75, 3.05) is 0 Å². The molecule has 0 amide bonds. The zero-order chi connectivity index (χ0) is 6.73. The van der Waals surface area contributed by atoms with E-state index < -0.39 is 17.2 Å². The van der Waals surface area contributed by atoms with E-state index in [2.05, 4.69) is 15.9 Å². The SMILES string of the molecule is O=C(O)C(Br)C(F)F. The van der Waals surface area contributed by atoms with Crippen molar-refractivity contribution >= 4 is 21.9 Å². The van der Waals surface area contributed by atoms with Crippen LogP contribution in [-0.4, -0.2) is 22.3 Å². The van der Waals surface area contributed by atoms with Crippen molar-refractivity contribution in [3.05, 3.63) is 0 Å². The number of carbonyl (C=O) groups is 1. The molecule has 1 unspecified atom stereocenters. The average molecular weight is 189 g/mol. The standard InChI is InChI=1S/C3H3BrF2O2/c4-1(2(5)6)3(7)8/h1-2H,(H,7,8). The van der Waals surface area contributed by atoms with Gasteiger partial charge in [0.2, 0.25) is 0 Å². The first kappa shape index (κ1) is 7.81. The van der Waals surface area contributed by atoms with E-state index in [1.807, 2.05) is 0 Å². The van der Waals surface area contributed by atoms with Crippen LogP contribution in [0.3, 0.4) is 0 Å². The Morgan fingerprint density at radius 1 is 1.62 bits per heavy atom. The van der Waals surface area contributed by atoms with Gasteiger partial charge in [-0.2, -0.15) is 0 Å². The van der Waals surface area contributed by atoms with Gasteiger partial charge in [0.1, 0.15) is 0 Å². The molecule has 0 aliphatic rings. The first-order valence-corrected chi connectivity index (χ1v) is 2.62. The zero-order valence-electron chi connectivity index (χ0n) is 3.64. The lowest BCUT2D eigenvalue weighted by Gasteiger charge is -1.98. The molecule has 0 aliphatic carbocycles. The van der Waals surface area contributed by atoms with Crippen molar-refractivity contribution < 1.29 is 18.7 Å². The van der Waals surface area contributed by atoms with Crippen LogP contribution in [0.5, 0.6) is 0 Å². The van der Waals surface area contributed by atoms with Gasteiger partial charge >= 0.3 is 5.97 Å². The van der Waals surface area contributed by atoms with Gasteiger partial charge < -0.3 is 5.11 Å². The van der Waals surface area contributed by atoms with Gasteiger partial charge in [-0.05, 0) is 0 Å². The minimum atomic E-state index is -2.84. The Morgan fingerprint density at radius 2 is 2.00 bits per heavy atom. The molecule has 0 spiro atoms. The minimum Gasteiger partial charge on any atom is -0.480 e. The van der Waals surface area contributed by atoms with Crippen LogP contribution in [0.15, 0.2) is 0 Å². The Bertz CT molecular complexity index is 95.3. The Balaban J connectivity index is 3.64. The fraction of sp³-hybridized carbons (Fsp3) is 0.667. The summed E-state index contributed by atoms with van der Waals surface area (Å²) in [5.41, 5.74) is 0. The first-order valence-electron chi connectivity index (χ1n) is 1.70. The number of aliphatic carboxylic acids is 1. The van der Waals surface area contributed by atoms with Crippen molar-refractivity contribution in [2.45, 2.75) is 11.3 Å². The number of hydrogen-bond donors (Lipinski definition) is 1. The summed E-state index contributed by atoms with van der Waals surface area (Å²) < 4.78 is 22.5. The number of alkyl halides is 3. The molecule has 0 fully saturated rings. The predicted octanol–water partition coefficient (Wildman–Crippen LogP) is 1.10. The fourth-order valence-corrected chi connectivity index (χ4v) is 0.108. The highest BCUT2D eigenvalue weighted by Crippen LogP contribution is 2.09. The quantitative estimate of drug-likeness (QED) is 0.660. The molecule has 0 radical (unpaired) electrons. The molecule has 8 heavy (non-hydrogen) atoms. The second kappa shape index (κ2) is 2.96. The van der Waals surface area contributed by atoms with E-state index in [0.717, 1.165) is 0 Å². The minimum absolute atomic E-state index is 1.54. The fourth-order valence-electron chi connectivity index (χ4n) is 0.108. The smallest absolute Gasteiger partial charge is 0.323 e. The highest BCUT2D eigenvalue weighted by atomic mass is 79.9. The monoisotopic (exact) mass is 188 g/mol. The largest absolute Gasteiger partial charge is 0.480 e. The van der Waals surface area contributed by atoms with Crippen LogP contribution in [0.1, 0.15) is 0 Å². The van der Waals surface area contributed by atoms with Gasteiger partial charge in [0.25, 0.3) is 6.43 Å². The van der Waals surface area contributed by atoms with Gasteiger partial charge in [0.05, 0.1) is 0 Å². The summed E-state index contributed by atoms with van der Waals surface area (Å²) in [6.45, 7) is 0. The van der Waals surface area contributed by atoms with Crippen molar-refractivity contribution in [1.82, 2.24) is 0 Å². The van der Waals surface area contributed by atoms with E-state index >= 15 is 0 Å². The van der Waals surface area contributed by atoms with Crippen molar-refractivity contribution in [3.63, 3.8) is 0 Å². The maximum atomic E-state index is 11.3. The molecule has 0 aromatic rings. The van der Waals surface area contributed by atoms with E-state index in [1.165, 1.54) is 0 Å². The summed E-state index contributed by atoms with van der Waals surface area (Å²) in [5.74, 6) is -1.54. The summed E-state index contributed by atoms with van der Waals surface area (Å²) >= 11 is 2.26. The van der Waals surface area contributed by atoms with Gasteiger partial charge in [-0.1, -0.05) is 15.9 Å². The van der Waals surface area contributed by atoms with Gasteiger partial charge in [0.15, 0.2) is 4.83 Å². The van der Waals surface area contributed by atoms with Crippen LogP contribution in [0.25, 0.3) is 0 Å². The molecular formula is C3H3BrF2O2. The molecule has 0 aromatic heterocycles. The number of rotatable bonds is 2. The third-order valence-electron chi connectivity index (χ3n) is 0.457. The predicted molar refractivity (Wildman–Crippen MR) is 26.4 cm³/mol. The van der Waals surface area contributed by atoms with Crippen LogP contribution in [0.4, 0.5) is 8.78 Å². The summed E-state index contributed by atoms with van der Waals surface area (Å²) in [4.78, 5) is 7.88. The normalized spacial score (nSPS) is 14.0. The lowest BCUT2D eigenvalue weighted by Crippen LogP contribution is -2.20. The van der Waals surface area contributed by atoms with Gasteiger partial charge in [-0.25, -0.2) is 8.78 Å². The molecule has 2 nitrogen and oxygen atoms in total. The maximum absolute atomic E-state index is 11.3. The van der Waals surface area contributed by atoms with Crippen LogP contribution in [0.2, 0.25) is 0 Å². The average Bonchev–Trinajstić information content (AvgIpc) is 1.64. The second-order valence-corrected chi connectivity index (χ2v) is 2.06. The van der Waals surface area contributed by atoms with Crippen LogP contribution in [0, 0.1) is 0 Å². The lowest BCUT2D eigenvalue weighted by molar-refractivity contribution is -0.138. The molecule has 0 saturated carbocycles. The Kier molecular flexibility index (Phi) is 2.89. The summed E-state index contributed by atoms with van der Waals surface area (Å²) in [6.07, 6.45) is -2.84. The van der Waals surface area contributed by atoms with Crippen LogP contribution >= 0.6 is 15.9 Å². The third kappa shape index (κ3) is 2.20. The van der Waals surface area contributed by atoms with Gasteiger partial charge in [0, 0.05) is 0 Å². The van der Waals surface area contributed by atoms with E-state index in [9.17, 15) is 13.6 Å². The molecule has 1 N–H and O–H groups in total. The number of carboxylic acid groups (broad SMARTS) is 1. The first-order chi connectivity index (χ1) is 3.55. The zero-order valence-corrected chi connectivity index (χ0v) is 5.23. The van der Waals surface area contributed by atoms with Crippen molar-refractivity contribution in [2.24, 2.45) is 0 Å². The highest BCUT2D eigenvalue weighted by molar-refractivity contribution is 9.10. The van der Waals surface area contributed by atoms with E-state index in [-0.39, 0.29) is 0 Å². The molecule has 1 atom stereocenters. The van der Waals surface area contributed by atoms with E-state index in [4.69, 9.17) is 5.11 Å². The molecule has 0 saturated heterocycles. The molecular weight excluding hydrogens is 186 g/mol. The Labute approximate surface area is 52.6 Å². The third-order valence-corrected chi connectivity index (χ3v) is 1.25. The summed E-state index contributed by atoms with van der Waals surface area (Å²) in [6, 6.07) is 0. The van der Waals surface area contributed by atoms with Gasteiger partial charge in [-0.3, -0.25) is 4.79 Å². The molecule has 48 valence electrons. The van der Waals surface area contributed by atoms with Gasteiger partial charge in [-0.15, -0.1) is 0 Å². The van der Waals surface area contributed by atoms with Crippen molar-refractivity contribution in [1.29, 1.82) is 0 Å². The summed E-state index contributed by atoms with van der Waals surface area (Å²) in [7, 11) is 0. The van der Waals surface area contributed by atoms with Crippen LogP contribution in [-0.2, 0) is 4.79 Å². The molecule has 0 rings (SSSR count). The summed E-state index contributed by atoms with van der Waals surface area (Å²) in [5, 5.41) is 7.83. The number of hydrogen-bond acceptors (Lipinski definition) is 1. The number of carboxylic acids is 1. The van der Waals surface area contributed by atoms with Crippen molar-refractivity contribution in [3.8, 4) is 0 Å². The Morgan fingerprint density at radius 3 is 2.00 bits per heavy atom. The molecule has 0 aliphatic heterocycles. The second-order valence-electron chi connectivity index (χ2n) is 1.07. The van der Waals surface area contributed by atoms with Crippen LogP contribution < -0.4 is 0 Å². The topological polar surface area (TPSA) is 37.3 Å². The lowest BCUT2D eigenvalue weighted by atomic mass is 10.5. The molecule has 0 bridgehead atoms. The maximum Gasteiger partial charge on any atom is 0.323 e. The highest BCUT2D eigenvalue weighted by Gasteiger charge is 2.23. The molecule has 5 heteroatoms. The molecule has 0 aromatic carbocycles.